The highest BCUT2D eigenvalue weighted by molar-refractivity contribution is 5.85. The predicted octanol–water partition coefficient (Wildman–Crippen LogP) is 1.75. The summed E-state index contributed by atoms with van der Waals surface area (Å²) in [6, 6.07) is 7.71. The van der Waals surface area contributed by atoms with Gasteiger partial charge >= 0.3 is 5.97 Å². The summed E-state index contributed by atoms with van der Waals surface area (Å²) in [6.07, 6.45) is 4.61. The van der Waals surface area contributed by atoms with Crippen LogP contribution in [0.4, 0.5) is 5.69 Å². The van der Waals surface area contributed by atoms with Crippen LogP contribution in [-0.4, -0.2) is 37.1 Å². The van der Waals surface area contributed by atoms with Crippen molar-refractivity contribution in [2.24, 2.45) is 5.92 Å². The van der Waals surface area contributed by atoms with E-state index in [1.807, 2.05) is 24.3 Å². The minimum absolute atomic E-state index is 0.0373. The second kappa shape index (κ2) is 6.92. The van der Waals surface area contributed by atoms with Gasteiger partial charge in [-0.2, -0.15) is 0 Å². The Labute approximate surface area is 124 Å². The molecule has 1 atom stereocenters. The van der Waals surface area contributed by atoms with Gasteiger partial charge in [0.2, 0.25) is 5.91 Å². The maximum Gasteiger partial charge on any atom is 0.328 e. The van der Waals surface area contributed by atoms with Crippen molar-refractivity contribution in [1.82, 2.24) is 5.32 Å². The Kier molecular flexibility index (Phi) is 4.98. The number of benzene rings is 1. The first-order chi connectivity index (χ1) is 10.1. The summed E-state index contributed by atoms with van der Waals surface area (Å²) < 4.78 is 0. The average molecular weight is 288 g/mol. The molecule has 1 heterocycles. The van der Waals surface area contributed by atoms with E-state index in [-0.39, 0.29) is 11.8 Å². The van der Waals surface area contributed by atoms with Crippen LogP contribution in [0.2, 0.25) is 0 Å². The zero-order valence-corrected chi connectivity index (χ0v) is 12.1. The van der Waals surface area contributed by atoms with Crippen LogP contribution >= 0.6 is 0 Å². The van der Waals surface area contributed by atoms with Crippen molar-refractivity contribution in [2.75, 3.05) is 25.0 Å². The Morgan fingerprint density at radius 3 is 2.67 bits per heavy atom. The van der Waals surface area contributed by atoms with Crippen molar-refractivity contribution in [3.05, 3.63) is 35.9 Å². The molecule has 2 rings (SSSR count). The van der Waals surface area contributed by atoms with Gasteiger partial charge in [-0.15, -0.1) is 0 Å². The Hall–Kier alpha value is -2.30. The van der Waals surface area contributed by atoms with Crippen molar-refractivity contribution in [3.63, 3.8) is 0 Å². The van der Waals surface area contributed by atoms with Crippen LogP contribution in [0.15, 0.2) is 30.3 Å². The summed E-state index contributed by atoms with van der Waals surface area (Å²) in [4.78, 5) is 24.4. The topological polar surface area (TPSA) is 69.6 Å². The minimum atomic E-state index is -0.955. The Morgan fingerprint density at radius 2 is 2.05 bits per heavy atom. The Balaban J connectivity index is 2.04. The van der Waals surface area contributed by atoms with Gasteiger partial charge in [-0.1, -0.05) is 12.1 Å². The summed E-state index contributed by atoms with van der Waals surface area (Å²) in [5.74, 6) is -0.820. The molecular weight excluding hydrogens is 268 g/mol. The molecule has 1 fully saturated rings. The fourth-order valence-corrected chi connectivity index (χ4v) is 2.59. The number of carboxylic acids is 1. The molecule has 0 aliphatic carbocycles. The second-order valence-electron chi connectivity index (χ2n) is 5.16. The van der Waals surface area contributed by atoms with E-state index in [1.54, 1.807) is 13.1 Å². The molecular formula is C16H20N2O3. The molecule has 1 aromatic rings. The van der Waals surface area contributed by atoms with E-state index >= 15 is 0 Å². The van der Waals surface area contributed by atoms with Crippen LogP contribution < -0.4 is 10.2 Å². The molecule has 1 amide bonds. The van der Waals surface area contributed by atoms with E-state index in [0.29, 0.717) is 0 Å². The molecule has 5 heteroatoms. The molecule has 0 aromatic heterocycles. The van der Waals surface area contributed by atoms with Gasteiger partial charge in [0.25, 0.3) is 0 Å². The van der Waals surface area contributed by atoms with E-state index in [4.69, 9.17) is 5.11 Å². The van der Waals surface area contributed by atoms with E-state index in [1.165, 1.54) is 0 Å². The fraction of sp³-hybridized carbons (Fsp3) is 0.375. The van der Waals surface area contributed by atoms with Gasteiger partial charge in [0.15, 0.2) is 0 Å². The Bertz CT molecular complexity index is 537. The lowest BCUT2D eigenvalue weighted by molar-refractivity contribution is -0.131. The number of rotatable bonds is 4. The van der Waals surface area contributed by atoms with Crippen molar-refractivity contribution in [3.8, 4) is 0 Å². The molecule has 0 saturated carbocycles. The van der Waals surface area contributed by atoms with Gasteiger partial charge in [-0.25, -0.2) is 4.79 Å². The van der Waals surface area contributed by atoms with Crippen LogP contribution in [0.5, 0.6) is 0 Å². The number of nitrogens with one attached hydrogen (secondary N) is 1. The zero-order chi connectivity index (χ0) is 15.2. The first kappa shape index (κ1) is 15.1. The highest BCUT2D eigenvalue weighted by atomic mass is 16.4. The lowest BCUT2D eigenvalue weighted by atomic mass is 9.96. The lowest BCUT2D eigenvalue weighted by Crippen LogP contribution is -2.42. The number of nitrogens with zero attached hydrogens (tertiary/aromatic N) is 1. The third-order valence-corrected chi connectivity index (χ3v) is 3.72. The number of carboxylic acid groups (broad SMARTS) is 1. The molecule has 0 radical (unpaired) electrons. The van der Waals surface area contributed by atoms with E-state index < -0.39 is 5.97 Å². The number of carbonyl (C=O) groups is 2. The monoisotopic (exact) mass is 288 g/mol. The number of anilines is 1. The van der Waals surface area contributed by atoms with Crippen molar-refractivity contribution in [2.45, 2.75) is 12.8 Å². The summed E-state index contributed by atoms with van der Waals surface area (Å²) in [6.45, 7) is 1.67. The molecule has 112 valence electrons. The molecule has 21 heavy (non-hydrogen) atoms. The van der Waals surface area contributed by atoms with E-state index in [9.17, 15) is 9.59 Å². The minimum Gasteiger partial charge on any atom is -0.478 e. The quantitative estimate of drug-likeness (QED) is 0.828. The molecule has 0 bridgehead atoms. The number of amides is 1. The van der Waals surface area contributed by atoms with Gasteiger partial charge < -0.3 is 15.3 Å². The first-order valence-electron chi connectivity index (χ1n) is 7.08. The molecule has 1 unspecified atom stereocenters. The Morgan fingerprint density at radius 1 is 1.33 bits per heavy atom. The maximum absolute atomic E-state index is 11.7. The van der Waals surface area contributed by atoms with Crippen molar-refractivity contribution < 1.29 is 14.7 Å². The third kappa shape index (κ3) is 4.08. The molecule has 1 aromatic carbocycles. The highest BCUT2D eigenvalue weighted by Crippen LogP contribution is 2.23. The van der Waals surface area contributed by atoms with Gasteiger partial charge in [0, 0.05) is 31.9 Å². The number of piperidine rings is 1. The van der Waals surface area contributed by atoms with Crippen LogP contribution in [0.3, 0.4) is 0 Å². The normalized spacial score (nSPS) is 18.7. The summed E-state index contributed by atoms with van der Waals surface area (Å²) >= 11 is 0. The molecule has 0 spiro atoms. The molecule has 2 N–H and O–H groups in total. The zero-order valence-electron chi connectivity index (χ0n) is 12.1. The van der Waals surface area contributed by atoms with E-state index in [0.717, 1.165) is 43.3 Å². The van der Waals surface area contributed by atoms with Crippen LogP contribution in [0.1, 0.15) is 18.4 Å². The number of hydrogen-bond acceptors (Lipinski definition) is 3. The largest absolute Gasteiger partial charge is 0.478 e. The van der Waals surface area contributed by atoms with E-state index in [2.05, 4.69) is 10.2 Å². The van der Waals surface area contributed by atoms with Gasteiger partial charge in [-0.05, 0) is 36.6 Å². The first-order valence-corrected chi connectivity index (χ1v) is 7.08. The maximum atomic E-state index is 11.7. The SMILES string of the molecule is CNC(=O)C1CCCN(c2ccc(/C=C/C(=O)O)cc2)C1. The summed E-state index contributed by atoms with van der Waals surface area (Å²) in [5, 5.41) is 11.3. The standard InChI is InChI=1S/C16H20N2O3/c1-17-16(21)13-3-2-10-18(11-13)14-7-4-12(5-8-14)6-9-15(19)20/h4-9,13H,2-3,10-11H2,1H3,(H,17,21)(H,19,20)/b9-6+. The van der Waals surface area contributed by atoms with Crippen molar-refractivity contribution >= 4 is 23.6 Å². The number of aliphatic carboxylic acids is 1. The summed E-state index contributed by atoms with van der Waals surface area (Å²) in [5.41, 5.74) is 1.91. The summed E-state index contributed by atoms with van der Waals surface area (Å²) in [7, 11) is 1.67. The highest BCUT2D eigenvalue weighted by Gasteiger charge is 2.24. The smallest absolute Gasteiger partial charge is 0.328 e. The second-order valence-corrected chi connectivity index (χ2v) is 5.16. The number of hydrogen-bond donors (Lipinski definition) is 2. The third-order valence-electron chi connectivity index (χ3n) is 3.72. The van der Waals surface area contributed by atoms with Crippen LogP contribution in [0, 0.1) is 5.92 Å². The lowest BCUT2D eigenvalue weighted by Gasteiger charge is -2.33. The van der Waals surface area contributed by atoms with Gasteiger partial charge in [0.05, 0.1) is 5.92 Å². The molecule has 1 aliphatic heterocycles. The van der Waals surface area contributed by atoms with Crippen molar-refractivity contribution in [1.29, 1.82) is 0 Å². The average Bonchev–Trinajstić information content (AvgIpc) is 2.52. The van der Waals surface area contributed by atoms with Gasteiger partial charge in [-0.3, -0.25) is 4.79 Å². The van der Waals surface area contributed by atoms with Crippen LogP contribution in [-0.2, 0) is 9.59 Å². The predicted molar refractivity (Wildman–Crippen MR) is 82.1 cm³/mol. The molecule has 5 nitrogen and oxygen atoms in total. The molecule has 1 saturated heterocycles. The fourth-order valence-electron chi connectivity index (χ4n) is 2.59. The molecule has 1 aliphatic rings. The number of carbonyl (C=O) groups excluding carboxylic acids is 1. The van der Waals surface area contributed by atoms with Gasteiger partial charge in [0.1, 0.15) is 0 Å². The van der Waals surface area contributed by atoms with Crippen LogP contribution in [0.25, 0.3) is 6.08 Å².